The normalized spacial score (nSPS) is 32.9. The number of phosphoric acid groups is 1. The number of nitrogens with two attached hydrogens (primary N) is 1. The number of rotatable bonds is 4. The number of nitrogen functional groups attached to an aromatic ring is 1. The molecule has 0 unspecified atom stereocenters. The Kier molecular flexibility index (Phi) is 4.72. The first-order chi connectivity index (χ1) is 14.8. The molecule has 0 saturated carbocycles. The molecule has 5 atom stereocenters. The lowest BCUT2D eigenvalue weighted by Gasteiger charge is -2.33. The molecule has 13 heteroatoms. The average molecular weight is 451 g/mol. The van der Waals surface area contributed by atoms with Crippen LogP contribution in [-0.4, -0.2) is 44.0 Å². The molecule has 0 radical (unpaired) electrons. The molecule has 3 N–H and O–H groups in total. The number of hydrogen-bond donors (Lipinski definition) is 2. The van der Waals surface area contributed by atoms with Gasteiger partial charge in [-0.25, -0.2) is 13.9 Å². The van der Waals surface area contributed by atoms with Crippen LogP contribution in [0.25, 0.3) is 11.2 Å². The third-order valence-corrected chi connectivity index (χ3v) is 6.65. The fraction of sp³-hybridized carbons (Fsp3) is 0.389. The molecule has 3 aromatic rings. The summed E-state index contributed by atoms with van der Waals surface area (Å²) in [4.78, 5) is 22.4. The monoisotopic (exact) mass is 451 g/mol. The lowest BCUT2D eigenvalue weighted by Crippen LogP contribution is -2.44. The first-order valence-electron chi connectivity index (χ1n) is 9.45. The molecule has 11 nitrogen and oxygen atoms in total. The van der Waals surface area contributed by atoms with Crippen LogP contribution in [0.1, 0.15) is 18.7 Å². The summed E-state index contributed by atoms with van der Waals surface area (Å²) in [6.45, 7) is 1.02. The van der Waals surface area contributed by atoms with Gasteiger partial charge in [0.1, 0.15) is 12.2 Å². The highest BCUT2D eigenvalue weighted by Crippen LogP contribution is 2.60. The Balaban J connectivity index is 1.41. The van der Waals surface area contributed by atoms with Crippen LogP contribution in [0, 0.1) is 0 Å². The molecule has 5 rings (SSSR count). The Morgan fingerprint density at radius 1 is 1.42 bits per heavy atom. The van der Waals surface area contributed by atoms with Gasteiger partial charge in [0, 0.05) is 0 Å². The number of nitrogens with one attached hydrogen (secondary N) is 1. The molecule has 2 aromatic heterocycles. The summed E-state index contributed by atoms with van der Waals surface area (Å²) in [5.74, 6) is -0.145. The van der Waals surface area contributed by atoms with E-state index in [1.54, 1.807) is 12.1 Å². The minimum atomic E-state index is -4.03. The molecule has 0 aliphatic carbocycles. The van der Waals surface area contributed by atoms with Gasteiger partial charge >= 0.3 is 7.82 Å². The van der Waals surface area contributed by atoms with E-state index in [1.807, 2.05) is 18.2 Å². The zero-order chi connectivity index (χ0) is 21.8. The van der Waals surface area contributed by atoms with Crippen LogP contribution in [0.2, 0.25) is 0 Å². The van der Waals surface area contributed by atoms with E-state index >= 15 is 4.39 Å². The van der Waals surface area contributed by atoms with E-state index in [4.69, 9.17) is 24.0 Å². The number of fused-ring (bicyclic) bond motifs is 2. The number of alkyl halides is 1. The zero-order valence-electron chi connectivity index (χ0n) is 16.3. The van der Waals surface area contributed by atoms with Gasteiger partial charge in [0.15, 0.2) is 23.1 Å². The summed E-state index contributed by atoms with van der Waals surface area (Å²) in [7, 11) is -4.03. The van der Waals surface area contributed by atoms with Crippen LogP contribution < -0.4 is 11.3 Å². The van der Waals surface area contributed by atoms with Crippen molar-refractivity contribution in [3.05, 3.63) is 52.6 Å². The van der Waals surface area contributed by atoms with Crippen LogP contribution in [0.4, 0.5) is 10.3 Å². The lowest BCUT2D eigenvalue weighted by molar-refractivity contribution is -0.0714. The van der Waals surface area contributed by atoms with Crippen LogP contribution in [0.3, 0.4) is 0 Å². The molecule has 0 spiro atoms. The summed E-state index contributed by atoms with van der Waals surface area (Å²) in [5.41, 5.74) is 3.68. The third-order valence-electron chi connectivity index (χ3n) is 5.26. The Morgan fingerprint density at radius 3 is 2.97 bits per heavy atom. The number of nitrogens with zero attached hydrogens (tertiary/aromatic N) is 3. The van der Waals surface area contributed by atoms with Crippen LogP contribution in [0.15, 0.2) is 41.5 Å². The Bertz CT molecular complexity index is 1230. The van der Waals surface area contributed by atoms with Crippen molar-refractivity contribution < 1.29 is 27.3 Å². The van der Waals surface area contributed by atoms with E-state index in [0.29, 0.717) is 0 Å². The van der Waals surface area contributed by atoms with E-state index < -0.39 is 37.5 Å². The molecule has 31 heavy (non-hydrogen) atoms. The third kappa shape index (κ3) is 3.46. The highest BCUT2D eigenvalue weighted by molar-refractivity contribution is 7.48. The van der Waals surface area contributed by atoms with Crippen LogP contribution in [-0.2, 0) is 29.5 Å². The van der Waals surface area contributed by atoms with Crippen molar-refractivity contribution in [2.45, 2.75) is 37.6 Å². The standard InChI is InChI=1S/C18H19FN5O6P/c1-18(19)13-11(8-28-31(26,30-13)27-7-10-5-3-2-4-6-10)29-16(18)24-9-21-12-14(24)22-17(20)23-15(12)25/h2-6,9,11,13,16H,7-8H2,1H3,(H3,20,22,23,25)/t11-,13-,16-,18-,31+/m1/s1. The Hall–Kier alpha value is -2.63. The summed E-state index contributed by atoms with van der Waals surface area (Å²) in [5, 5.41) is 0. The molecule has 0 bridgehead atoms. The predicted octanol–water partition coefficient (Wildman–Crippen LogP) is 2.07. The maximum absolute atomic E-state index is 15.9. The van der Waals surface area contributed by atoms with Gasteiger partial charge in [-0.15, -0.1) is 0 Å². The van der Waals surface area contributed by atoms with Gasteiger partial charge in [0.25, 0.3) is 5.56 Å². The molecular weight excluding hydrogens is 432 g/mol. The minimum absolute atomic E-state index is 0.0162. The van der Waals surface area contributed by atoms with Crippen molar-refractivity contribution in [3.8, 4) is 0 Å². The zero-order valence-corrected chi connectivity index (χ0v) is 17.2. The molecule has 2 fully saturated rings. The summed E-state index contributed by atoms with van der Waals surface area (Å²) in [6.07, 6.45) is -2.15. The topological polar surface area (TPSA) is 144 Å². The second kappa shape index (κ2) is 7.21. The van der Waals surface area contributed by atoms with E-state index in [2.05, 4.69) is 15.0 Å². The van der Waals surface area contributed by atoms with Crippen molar-refractivity contribution in [1.29, 1.82) is 0 Å². The van der Waals surface area contributed by atoms with E-state index in [9.17, 15) is 9.36 Å². The number of phosphoric ester groups is 1. The molecule has 1 aromatic carbocycles. The largest absolute Gasteiger partial charge is 0.475 e. The molecule has 2 aliphatic heterocycles. The number of imidazole rings is 1. The Labute approximate surface area is 174 Å². The lowest BCUT2D eigenvalue weighted by atomic mass is 9.98. The Morgan fingerprint density at radius 2 is 2.19 bits per heavy atom. The van der Waals surface area contributed by atoms with E-state index in [0.717, 1.165) is 5.56 Å². The fourth-order valence-electron chi connectivity index (χ4n) is 3.75. The summed E-state index contributed by atoms with van der Waals surface area (Å²) >= 11 is 0. The summed E-state index contributed by atoms with van der Waals surface area (Å²) in [6, 6.07) is 9.03. The van der Waals surface area contributed by atoms with Crippen LogP contribution >= 0.6 is 7.82 Å². The molecule has 2 aliphatic rings. The van der Waals surface area contributed by atoms with Gasteiger partial charge in [-0.2, -0.15) is 4.98 Å². The molecule has 4 heterocycles. The first-order valence-corrected chi connectivity index (χ1v) is 10.9. The number of halogens is 1. The van der Waals surface area contributed by atoms with Gasteiger partial charge in [0.2, 0.25) is 5.95 Å². The van der Waals surface area contributed by atoms with E-state index in [-0.39, 0.29) is 30.3 Å². The molecule has 2 saturated heterocycles. The SMILES string of the molecule is C[C@@]1(F)[C@@H]2O[P@@](=O)(OCc3ccccc3)OC[C@H]2O[C@H]1n1cnc2c(=O)[nH]c(N)nc21. The predicted molar refractivity (Wildman–Crippen MR) is 106 cm³/mol. The van der Waals surface area contributed by atoms with Crippen molar-refractivity contribution in [2.75, 3.05) is 12.3 Å². The molecular formula is C18H19FN5O6P. The van der Waals surface area contributed by atoms with Gasteiger partial charge in [-0.1, -0.05) is 30.3 Å². The van der Waals surface area contributed by atoms with Crippen molar-refractivity contribution in [2.24, 2.45) is 0 Å². The number of H-pyrrole nitrogens is 1. The number of ether oxygens (including phenoxy) is 1. The quantitative estimate of drug-likeness (QED) is 0.570. The van der Waals surface area contributed by atoms with E-state index in [1.165, 1.54) is 17.8 Å². The maximum atomic E-state index is 15.9. The van der Waals surface area contributed by atoms with Crippen molar-refractivity contribution in [1.82, 2.24) is 19.5 Å². The first kappa shape index (κ1) is 20.3. The van der Waals surface area contributed by atoms with Crippen LogP contribution in [0.5, 0.6) is 0 Å². The van der Waals surface area contributed by atoms with Gasteiger partial charge in [0.05, 0.1) is 19.5 Å². The van der Waals surface area contributed by atoms with Gasteiger partial charge in [-0.05, 0) is 12.5 Å². The number of hydrogen-bond acceptors (Lipinski definition) is 9. The van der Waals surface area contributed by atoms with Crippen molar-refractivity contribution in [3.63, 3.8) is 0 Å². The molecule has 0 amide bonds. The molecule has 164 valence electrons. The number of aromatic nitrogens is 4. The average Bonchev–Trinajstić information content (AvgIpc) is 3.26. The number of anilines is 1. The van der Waals surface area contributed by atoms with Gasteiger partial charge < -0.3 is 10.5 Å². The highest BCUT2D eigenvalue weighted by Gasteiger charge is 2.61. The second-order valence-electron chi connectivity index (χ2n) is 7.48. The number of aromatic amines is 1. The summed E-state index contributed by atoms with van der Waals surface area (Å²) < 4.78 is 52.1. The minimum Gasteiger partial charge on any atom is -0.369 e. The second-order valence-corrected chi connectivity index (χ2v) is 9.10. The highest BCUT2D eigenvalue weighted by atomic mass is 31.2. The van der Waals surface area contributed by atoms with Gasteiger partial charge in [-0.3, -0.25) is 27.9 Å². The number of benzene rings is 1. The smallest absolute Gasteiger partial charge is 0.369 e. The fourth-order valence-corrected chi connectivity index (χ4v) is 5.21. The maximum Gasteiger partial charge on any atom is 0.475 e. The van der Waals surface area contributed by atoms with Crippen molar-refractivity contribution >= 4 is 24.9 Å².